The first-order valence-electron chi connectivity index (χ1n) is 29.9. The summed E-state index contributed by atoms with van der Waals surface area (Å²) in [7, 11) is 0. The molecule has 0 aromatic rings. The third-order valence-electron chi connectivity index (χ3n) is 14.4. The summed E-state index contributed by atoms with van der Waals surface area (Å²) in [4.78, 5) is 115. The van der Waals surface area contributed by atoms with Gasteiger partial charge in [0.1, 0.15) is 41.4 Å². The Hall–Kier alpha value is -6.43. The molecule has 494 valence electrons. The molecule has 8 amide bonds. The Kier molecular flexibility index (Phi) is 30.6. The minimum absolute atomic E-state index is 0.00663. The Bertz CT molecular complexity index is 2450. The van der Waals surface area contributed by atoms with Gasteiger partial charge in [0.05, 0.1) is 58.1 Å². The standard InChI is InChI=1S/C59H99N9O19/c1-33(2)31-86-50(80)17-16-40(68-56(85)87-57(3,4)5)55(84)65-29-48(78)62-27-46(76)61-26-47(77)63-28-49(79)66-32-59(8,9)22-37-20-36(37)21-58(6,7)23-45(75)67-39(54(83)64-25-43(73)52(81)53(82)44(74)30-70)15-14-38(34-10-11-34)60-24-42(72)51(35-12-13-35)41(71)18-19-69/h15,33,35-37,40-41,43-44,52-53,60,69-74,81-82H,10-14,16-32H2,1-9H3,(H,61,76)(H,62,78)(H,63,77)(H,64,83)(H,65,84)(H,66,79)(H,67,75)(H,68,85)/b39-15-,51-42-/t36?,37?,40?,41?,43-,44+,52?,53+/m0/s1. The maximum absolute atomic E-state index is 13.8. The molecule has 0 bridgehead atoms. The smallest absolute Gasteiger partial charge is 0.408 e. The Morgan fingerprint density at radius 3 is 1.75 bits per heavy atom. The summed E-state index contributed by atoms with van der Waals surface area (Å²) in [5, 5.41) is 104. The molecule has 0 aromatic heterocycles. The minimum atomic E-state index is -1.95. The molecule has 3 aliphatic rings. The van der Waals surface area contributed by atoms with Crippen LogP contribution in [-0.4, -0.2) is 202 Å². The molecular weight excluding hydrogens is 1140 g/mol. The molecule has 28 heteroatoms. The Morgan fingerprint density at radius 2 is 1.22 bits per heavy atom. The summed E-state index contributed by atoms with van der Waals surface area (Å²) in [5.41, 5.74) is 0.214. The van der Waals surface area contributed by atoms with Crippen molar-refractivity contribution in [3.8, 4) is 0 Å². The van der Waals surface area contributed by atoms with Crippen molar-refractivity contribution in [2.75, 3.05) is 65.6 Å². The second kappa shape index (κ2) is 35.5. The molecule has 0 aliphatic heterocycles. The van der Waals surface area contributed by atoms with Crippen LogP contribution in [-0.2, 0) is 47.8 Å². The van der Waals surface area contributed by atoms with Gasteiger partial charge < -0.3 is 98.2 Å². The average molecular weight is 1240 g/mol. The van der Waals surface area contributed by atoms with Crippen LogP contribution in [0.25, 0.3) is 0 Å². The van der Waals surface area contributed by atoms with E-state index in [1.54, 1.807) is 20.8 Å². The highest BCUT2D eigenvalue weighted by Gasteiger charge is 2.44. The SMILES string of the molecule is CC(C)COC(=O)CCC(NC(=O)OC(C)(C)C)C(=O)NCC(=O)NCC(=O)NCC(=O)NCC(=O)NCC(C)(C)CC1CC1CC(C)(C)CC(=O)N/C(=C\CC(NC/C(O)=C(/C(O)CCO)C1CC1)=C1CC1)C(=O)NC[C@H](O)C(O)[C@H](O)[C@H](O)CO. The van der Waals surface area contributed by atoms with Crippen molar-refractivity contribution in [1.82, 2.24) is 47.9 Å². The van der Waals surface area contributed by atoms with Crippen LogP contribution in [0, 0.1) is 34.5 Å². The van der Waals surface area contributed by atoms with Crippen LogP contribution in [0.5, 0.6) is 0 Å². The van der Waals surface area contributed by atoms with Gasteiger partial charge in [-0.05, 0) is 113 Å². The molecule has 8 atom stereocenters. The lowest BCUT2D eigenvalue weighted by Crippen LogP contribution is -2.51. The van der Waals surface area contributed by atoms with E-state index >= 15 is 0 Å². The lowest BCUT2D eigenvalue weighted by Gasteiger charge is -2.27. The van der Waals surface area contributed by atoms with Crippen LogP contribution in [0.1, 0.15) is 139 Å². The van der Waals surface area contributed by atoms with Gasteiger partial charge >= 0.3 is 12.1 Å². The first-order chi connectivity index (χ1) is 40.6. The van der Waals surface area contributed by atoms with E-state index in [1.165, 1.54) is 6.08 Å². The van der Waals surface area contributed by atoms with Gasteiger partial charge in [-0.3, -0.25) is 38.4 Å². The highest BCUT2D eigenvalue weighted by atomic mass is 16.6. The summed E-state index contributed by atoms with van der Waals surface area (Å²) in [6.45, 7) is 13.1. The van der Waals surface area contributed by atoms with E-state index in [9.17, 15) is 78.9 Å². The molecule has 0 saturated heterocycles. The lowest BCUT2D eigenvalue weighted by molar-refractivity contribution is -0.145. The number of rotatable bonds is 40. The third-order valence-corrected chi connectivity index (χ3v) is 14.4. The van der Waals surface area contributed by atoms with Gasteiger partial charge in [0, 0.05) is 56.6 Å². The molecule has 3 saturated carbocycles. The number of esters is 1. The van der Waals surface area contributed by atoms with Crippen LogP contribution >= 0.6 is 0 Å². The molecule has 3 fully saturated rings. The van der Waals surface area contributed by atoms with Crippen LogP contribution < -0.4 is 47.9 Å². The molecule has 0 aromatic carbocycles. The van der Waals surface area contributed by atoms with E-state index in [1.807, 2.05) is 41.5 Å². The maximum Gasteiger partial charge on any atom is 0.408 e. The number of amides is 8. The molecule has 0 spiro atoms. The van der Waals surface area contributed by atoms with E-state index in [0.29, 0.717) is 17.7 Å². The summed E-state index contributed by atoms with van der Waals surface area (Å²) >= 11 is 0. The van der Waals surface area contributed by atoms with Gasteiger partial charge in [0.15, 0.2) is 0 Å². The second-order valence-corrected chi connectivity index (χ2v) is 25.8. The minimum Gasteiger partial charge on any atom is -0.510 e. The first-order valence-corrected chi connectivity index (χ1v) is 29.9. The normalized spacial score (nSPS) is 18.2. The van der Waals surface area contributed by atoms with Crippen molar-refractivity contribution >= 4 is 53.4 Å². The fourth-order valence-electron chi connectivity index (χ4n) is 9.48. The summed E-state index contributed by atoms with van der Waals surface area (Å²) in [5.74, 6) is -4.77. The van der Waals surface area contributed by atoms with E-state index in [4.69, 9.17) is 14.6 Å². The van der Waals surface area contributed by atoms with Crippen LogP contribution in [0.2, 0.25) is 0 Å². The van der Waals surface area contributed by atoms with Gasteiger partial charge in [-0.1, -0.05) is 47.1 Å². The summed E-state index contributed by atoms with van der Waals surface area (Å²) in [6, 6.07) is -1.26. The number of carbonyl (C=O) groups is 9. The number of alkyl carbamates (subject to hydrolysis) is 1. The molecule has 0 radical (unpaired) electrons. The van der Waals surface area contributed by atoms with Gasteiger partial charge in [0.25, 0.3) is 5.91 Å². The molecule has 17 N–H and O–H groups in total. The van der Waals surface area contributed by atoms with E-state index in [-0.39, 0.29) is 105 Å². The number of aliphatic hydroxyl groups is 8. The zero-order chi connectivity index (χ0) is 65.4. The largest absolute Gasteiger partial charge is 0.510 e. The number of hydrogen-bond acceptors (Lipinski definition) is 20. The van der Waals surface area contributed by atoms with E-state index in [2.05, 4.69) is 47.9 Å². The fourth-order valence-corrected chi connectivity index (χ4v) is 9.48. The highest BCUT2D eigenvalue weighted by Crippen LogP contribution is 2.52. The quantitative estimate of drug-likeness (QED) is 0.0196. The van der Waals surface area contributed by atoms with Gasteiger partial charge in [-0.2, -0.15) is 0 Å². The van der Waals surface area contributed by atoms with Crippen molar-refractivity contribution in [2.45, 2.75) is 182 Å². The molecule has 28 nitrogen and oxygen atoms in total. The van der Waals surface area contributed by atoms with E-state index < -0.39 is 134 Å². The van der Waals surface area contributed by atoms with Crippen LogP contribution in [0.15, 0.2) is 34.4 Å². The van der Waals surface area contributed by atoms with Crippen molar-refractivity contribution in [2.24, 2.45) is 34.5 Å². The number of ether oxygens (including phenoxy) is 2. The summed E-state index contributed by atoms with van der Waals surface area (Å²) in [6.07, 6.45) is -2.64. The van der Waals surface area contributed by atoms with E-state index in [0.717, 1.165) is 44.1 Å². The van der Waals surface area contributed by atoms with Gasteiger partial charge in [0.2, 0.25) is 35.4 Å². The third kappa shape index (κ3) is 30.4. The molecule has 3 rings (SSSR count). The fraction of sp³-hybridized carbons (Fsp3) is 0.746. The molecule has 0 heterocycles. The maximum atomic E-state index is 13.8. The van der Waals surface area contributed by atoms with Gasteiger partial charge in [-0.15, -0.1) is 0 Å². The number of carbonyl (C=O) groups excluding carboxylic acids is 9. The van der Waals surface area contributed by atoms with Crippen LogP contribution in [0.4, 0.5) is 4.79 Å². The van der Waals surface area contributed by atoms with Crippen molar-refractivity contribution in [3.05, 3.63) is 34.4 Å². The van der Waals surface area contributed by atoms with Crippen LogP contribution in [0.3, 0.4) is 0 Å². The predicted molar refractivity (Wildman–Crippen MR) is 316 cm³/mol. The average Bonchev–Trinajstić information content (AvgIpc) is 4.50. The summed E-state index contributed by atoms with van der Waals surface area (Å²) < 4.78 is 10.4. The van der Waals surface area contributed by atoms with Crippen molar-refractivity contribution in [3.63, 3.8) is 0 Å². The van der Waals surface area contributed by atoms with Crippen molar-refractivity contribution < 1.29 is 93.5 Å². The lowest BCUT2D eigenvalue weighted by atomic mass is 9.81. The monoisotopic (exact) mass is 1240 g/mol. The number of aliphatic hydroxyl groups excluding tert-OH is 8. The first kappa shape index (κ1) is 74.8. The Morgan fingerprint density at radius 1 is 0.667 bits per heavy atom. The molecular formula is C59H99N9O19. The molecule has 87 heavy (non-hydrogen) atoms. The highest BCUT2D eigenvalue weighted by molar-refractivity contribution is 5.97. The topological polar surface area (TPSA) is 442 Å². The molecule has 5 unspecified atom stereocenters. The Labute approximate surface area is 509 Å². The predicted octanol–water partition coefficient (Wildman–Crippen LogP) is -1.16. The number of allylic oxidation sites excluding steroid dienone is 2. The zero-order valence-electron chi connectivity index (χ0n) is 52.0. The number of hydrogen-bond donors (Lipinski definition) is 17. The number of nitrogens with one attached hydrogen (secondary N) is 9. The van der Waals surface area contributed by atoms with Crippen molar-refractivity contribution in [1.29, 1.82) is 0 Å². The zero-order valence-corrected chi connectivity index (χ0v) is 52.0. The second-order valence-electron chi connectivity index (χ2n) is 25.8. The molecule has 3 aliphatic carbocycles. The van der Waals surface area contributed by atoms with Gasteiger partial charge in [-0.25, -0.2) is 4.79 Å². The Balaban J connectivity index is 1.46.